The van der Waals surface area contributed by atoms with Gasteiger partial charge in [-0.1, -0.05) is 20.8 Å². The Labute approximate surface area is 136 Å². The highest BCUT2D eigenvalue weighted by Gasteiger charge is 2.28. The molecule has 0 amide bonds. The molecular formula is C15H25N3OS2. The summed E-state index contributed by atoms with van der Waals surface area (Å²) in [6.07, 6.45) is 1.08. The second-order valence-corrected chi connectivity index (χ2v) is 8.33. The molecule has 21 heavy (non-hydrogen) atoms. The van der Waals surface area contributed by atoms with Crippen LogP contribution < -0.4 is 5.32 Å². The van der Waals surface area contributed by atoms with Gasteiger partial charge in [-0.25, -0.2) is 9.97 Å². The highest BCUT2D eigenvalue weighted by molar-refractivity contribution is 8.07. The number of nitrogens with zero attached hydrogens (tertiary/aromatic N) is 2. The van der Waals surface area contributed by atoms with E-state index in [4.69, 9.17) is 14.7 Å². The molecule has 0 aliphatic carbocycles. The Hall–Kier alpha value is -0.460. The second-order valence-electron chi connectivity index (χ2n) is 5.33. The summed E-state index contributed by atoms with van der Waals surface area (Å²) < 4.78 is 5.24. The zero-order chi connectivity index (χ0) is 15.2. The lowest BCUT2D eigenvalue weighted by molar-refractivity contribution is 0.181. The Kier molecular flexibility index (Phi) is 6.64. The Morgan fingerprint density at radius 3 is 2.81 bits per heavy atom. The van der Waals surface area contributed by atoms with Crippen molar-refractivity contribution in [1.82, 2.24) is 9.97 Å². The number of hydrogen-bond acceptors (Lipinski definition) is 6. The molecule has 0 spiro atoms. The lowest BCUT2D eigenvalue weighted by Gasteiger charge is -2.30. The van der Waals surface area contributed by atoms with E-state index in [1.165, 1.54) is 0 Å². The van der Waals surface area contributed by atoms with Crippen LogP contribution in [-0.4, -0.2) is 39.9 Å². The number of ether oxygens (including phenoxy) is 1. The average Bonchev–Trinajstić information content (AvgIpc) is 2.48. The highest BCUT2D eigenvalue weighted by atomic mass is 32.2. The maximum absolute atomic E-state index is 5.24. The minimum absolute atomic E-state index is 0.375. The van der Waals surface area contributed by atoms with Crippen molar-refractivity contribution in [3.8, 4) is 0 Å². The van der Waals surface area contributed by atoms with Crippen LogP contribution in [0.25, 0.3) is 0 Å². The molecule has 2 heterocycles. The molecule has 1 aliphatic rings. The summed E-state index contributed by atoms with van der Waals surface area (Å²) in [5.74, 6) is 2.95. The van der Waals surface area contributed by atoms with E-state index >= 15 is 0 Å². The Morgan fingerprint density at radius 1 is 1.33 bits per heavy atom. The van der Waals surface area contributed by atoms with Crippen LogP contribution in [0, 0.1) is 0 Å². The third kappa shape index (κ3) is 4.76. The van der Waals surface area contributed by atoms with E-state index in [1.807, 2.05) is 29.6 Å². The van der Waals surface area contributed by atoms with E-state index in [0.717, 1.165) is 36.1 Å². The Morgan fingerprint density at radius 2 is 2.14 bits per heavy atom. The van der Waals surface area contributed by atoms with Gasteiger partial charge in [-0.15, -0.1) is 11.8 Å². The summed E-state index contributed by atoms with van der Waals surface area (Å²) in [5, 5.41) is 5.08. The van der Waals surface area contributed by atoms with E-state index in [0.29, 0.717) is 22.4 Å². The van der Waals surface area contributed by atoms with E-state index in [1.54, 1.807) is 7.11 Å². The average molecular weight is 328 g/mol. The minimum atomic E-state index is 0.375. The molecule has 1 fully saturated rings. The maximum atomic E-state index is 5.24. The van der Waals surface area contributed by atoms with E-state index in [9.17, 15) is 0 Å². The summed E-state index contributed by atoms with van der Waals surface area (Å²) in [5.41, 5.74) is 0.956. The van der Waals surface area contributed by atoms with Crippen LogP contribution in [0.2, 0.25) is 0 Å². The normalized spacial score (nSPS) is 25.8. The highest BCUT2D eigenvalue weighted by Crippen LogP contribution is 2.43. The third-order valence-corrected chi connectivity index (χ3v) is 6.87. The first kappa shape index (κ1) is 16.9. The van der Waals surface area contributed by atoms with Crippen molar-refractivity contribution in [3.63, 3.8) is 0 Å². The lowest BCUT2D eigenvalue weighted by Crippen LogP contribution is -2.23. The standard InChI is InChI=1S/C15H25N3OS2/c1-5-6-16-14-7-12(8-19-4)17-15(18-14)13-9-20-10(2)11(3)21-13/h7,10-11,13H,5-6,8-9H2,1-4H3,(H,16,17,18). The number of hydrogen-bond donors (Lipinski definition) is 1. The number of rotatable bonds is 6. The lowest BCUT2D eigenvalue weighted by atomic mass is 10.3. The SMILES string of the molecule is CCCNc1cc(COC)nc(C2CSC(C)C(C)S2)n1. The summed E-state index contributed by atoms with van der Waals surface area (Å²) in [6.45, 7) is 8.22. The molecule has 3 atom stereocenters. The van der Waals surface area contributed by atoms with Crippen LogP contribution in [-0.2, 0) is 11.3 Å². The first-order valence-corrected chi connectivity index (χ1v) is 9.51. The predicted octanol–water partition coefficient (Wildman–Crippen LogP) is 3.74. The topological polar surface area (TPSA) is 47.0 Å². The molecule has 6 heteroatoms. The first-order valence-electron chi connectivity index (χ1n) is 7.51. The second kappa shape index (κ2) is 8.25. The summed E-state index contributed by atoms with van der Waals surface area (Å²) in [7, 11) is 1.70. The third-order valence-electron chi connectivity index (χ3n) is 3.48. The number of aromatic nitrogens is 2. The van der Waals surface area contributed by atoms with Gasteiger partial charge in [0.15, 0.2) is 0 Å². The molecule has 0 aromatic carbocycles. The van der Waals surface area contributed by atoms with Crippen molar-refractivity contribution in [2.45, 2.75) is 49.5 Å². The molecular weight excluding hydrogens is 302 g/mol. The molecule has 3 unspecified atom stereocenters. The summed E-state index contributed by atoms with van der Waals surface area (Å²) in [6, 6.07) is 2.00. The van der Waals surface area contributed by atoms with Gasteiger partial charge in [0.1, 0.15) is 11.6 Å². The van der Waals surface area contributed by atoms with Crippen molar-refractivity contribution < 1.29 is 4.74 Å². The quantitative estimate of drug-likeness (QED) is 0.859. The molecule has 118 valence electrons. The fourth-order valence-electron chi connectivity index (χ4n) is 2.15. The van der Waals surface area contributed by atoms with E-state index < -0.39 is 0 Å². The number of anilines is 1. The largest absolute Gasteiger partial charge is 0.378 e. The predicted molar refractivity (Wildman–Crippen MR) is 93.2 cm³/mol. The van der Waals surface area contributed by atoms with Crippen LogP contribution in [0.5, 0.6) is 0 Å². The van der Waals surface area contributed by atoms with E-state index in [2.05, 4.69) is 26.1 Å². The molecule has 1 N–H and O–H groups in total. The number of nitrogens with one attached hydrogen (secondary N) is 1. The number of thioether (sulfide) groups is 2. The molecule has 0 bridgehead atoms. The van der Waals surface area contributed by atoms with Crippen molar-refractivity contribution in [2.24, 2.45) is 0 Å². The van der Waals surface area contributed by atoms with Crippen LogP contribution in [0.1, 0.15) is 44.0 Å². The van der Waals surface area contributed by atoms with Gasteiger partial charge in [0.2, 0.25) is 0 Å². The molecule has 0 saturated carbocycles. The zero-order valence-electron chi connectivity index (χ0n) is 13.3. The molecule has 1 aliphatic heterocycles. The van der Waals surface area contributed by atoms with Crippen LogP contribution in [0.3, 0.4) is 0 Å². The Balaban J connectivity index is 2.18. The summed E-state index contributed by atoms with van der Waals surface area (Å²) in [4.78, 5) is 9.43. The maximum Gasteiger partial charge on any atom is 0.144 e. The fraction of sp³-hybridized carbons (Fsp3) is 0.733. The molecule has 0 radical (unpaired) electrons. The summed E-state index contributed by atoms with van der Waals surface area (Å²) >= 11 is 4.01. The van der Waals surface area contributed by atoms with Crippen molar-refractivity contribution >= 4 is 29.3 Å². The van der Waals surface area contributed by atoms with Gasteiger partial charge in [-0.3, -0.25) is 0 Å². The van der Waals surface area contributed by atoms with Gasteiger partial charge in [-0.05, 0) is 6.42 Å². The smallest absolute Gasteiger partial charge is 0.144 e. The molecule has 1 saturated heterocycles. The Bertz CT molecular complexity index is 459. The van der Waals surface area contributed by atoms with Crippen LogP contribution >= 0.6 is 23.5 Å². The molecule has 1 aromatic heterocycles. The zero-order valence-corrected chi connectivity index (χ0v) is 14.9. The van der Waals surface area contributed by atoms with Gasteiger partial charge < -0.3 is 10.1 Å². The monoisotopic (exact) mass is 327 g/mol. The van der Waals surface area contributed by atoms with Gasteiger partial charge in [0.25, 0.3) is 0 Å². The van der Waals surface area contributed by atoms with Gasteiger partial charge in [-0.2, -0.15) is 11.8 Å². The van der Waals surface area contributed by atoms with Gasteiger partial charge in [0, 0.05) is 36.0 Å². The van der Waals surface area contributed by atoms with Gasteiger partial charge in [0.05, 0.1) is 17.6 Å². The fourth-order valence-corrected chi connectivity index (χ4v) is 4.99. The molecule has 1 aromatic rings. The molecule has 4 nitrogen and oxygen atoms in total. The van der Waals surface area contributed by atoms with Crippen molar-refractivity contribution in [1.29, 1.82) is 0 Å². The van der Waals surface area contributed by atoms with Crippen LogP contribution in [0.4, 0.5) is 5.82 Å². The number of methoxy groups -OCH3 is 1. The van der Waals surface area contributed by atoms with Gasteiger partial charge >= 0.3 is 0 Å². The van der Waals surface area contributed by atoms with Crippen molar-refractivity contribution in [3.05, 3.63) is 17.6 Å². The van der Waals surface area contributed by atoms with E-state index in [-0.39, 0.29) is 0 Å². The molecule has 2 rings (SSSR count). The van der Waals surface area contributed by atoms with Crippen molar-refractivity contribution in [2.75, 3.05) is 24.7 Å². The minimum Gasteiger partial charge on any atom is -0.378 e. The first-order chi connectivity index (χ1) is 10.1. The van der Waals surface area contributed by atoms with Crippen LogP contribution in [0.15, 0.2) is 6.07 Å².